The van der Waals surface area contributed by atoms with Crippen molar-refractivity contribution in [2.24, 2.45) is 11.3 Å². The van der Waals surface area contributed by atoms with Crippen molar-refractivity contribution >= 4 is 0 Å². The Labute approximate surface area is 103 Å². The number of rotatable bonds is 7. The van der Waals surface area contributed by atoms with Crippen molar-refractivity contribution in [2.75, 3.05) is 6.54 Å². The van der Waals surface area contributed by atoms with E-state index in [1.54, 1.807) is 0 Å². The molecule has 4 heteroatoms. The first-order valence-electron chi connectivity index (χ1n) is 6.43. The van der Waals surface area contributed by atoms with Gasteiger partial charge >= 0.3 is 6.18 Å². The van der Waals surface area contributed by atoms with Crippen LogP contribution in [-0.4, -0.2) is 18.8 Å². The van der Waals surface area contributed by atoms with Crippen molar-refractivity contribution in [3.8, 4) is 0 Å². The van der Waals surface area contributed by atoms with E-state index < -0.39 is 12.2 Å². The van der Waals surface area contributed by atoms with Gasteiger partial charge in [-0.15, -0.1) is 0 Å². The van der Waals surface area contributed by atoms with Gasteiger partial charge in [0.2, 0.25) is 0 Å². The Morgan fingerprint density at radius 1 is 1.12 bits per heavy atom. The Morgan fingerprint density at radius 2 is 1.65 bits per heavy atom. The molecule has 17 heavy (non-hydrogen) atoms. The number of unbranched alkanes of at least 4 members (excludes halogenated alkanes) is 1. The summed E-state index contributed by atoms with van der Waals surface area (Å²) in [6, 6.07) is -1.43. The van der Waals surface area contributed by atoms with Crippen LogP contribution in [0.2, 0.25) is 0 Å². The second-order valence-corrected chi connectivity index (χ2v) is 5.56. The van der Waals surface area contributed by atoms with Gasteiger partial charge in [0.1, 0.15) is 6.04 Å². The number of hydrogen-bond acceptors (Lipinski definition) is 1. The minimum atomic E-state index is -4.15. The summed E-state index contributed by atoms with van der Waals surface area (Å²) in [6.45, 7) is 9.94. The van der Waals surface area contributed by atoms with E-state index in [2.05, 4.69) is 33.0 Å². The van der Waals surface area contributed by atoms with Gasteiger partial charge in [-0.25, -0.2) is 0 Å². The predicted octanol–water partition coefficient (Wildman–Crippen LogP) is 4.38. The molecule has 104 valence electrons. The molecule has 0 aliphatic carbocycles. The monoisotopic (exact) mass is 253 g/mol. The Hall–Kier alpha value is -0.250. The number of nitrogens with one attached hydrogen (secondary N) is 1. The van der Waals surface area contributed by atoms with Crippen molar-refractivity contribution < 1.29 is 13.2 Å². The minimum Gasteiger partial charge on any atom is -0.306 e. The second-order valence-electron chi connectivity index (χ2n) is 5.56. The van der Waals surface area contributed by atoms with E-state index in [0.29, 0.717) is 12.5 Å². The number of hydrogen-bond donors (Lipinski definition) is 1. The van der Waals surface area contributed by atoms with E-state index in [0.717, 1.165) is 19.3 Å². The maximum Gasteiger partial charge on any atom is 0.403 e. The maximum atomic E-state index is 12.4. The predicted molar refractivity (Wildman–Crippen MR) is 66.0 cm³/mol. The highest BCUT2D eigenvalue weighted by molar-refractivity contribution is 4.82. The van der Waals surface area contributed by atoms with Crippen molar-refractivity contribution in [3.63, 3.8) is 0 Å². The minimum absolute atomic E-state index is 0.0600. The highest BCUT2D eigenvalue weighted by Gasteiger charge is 2.37. The molecule has 0 aliphatic heterocycles. The molecule has 0 radical (unpaired) electrons. The first kappa shape index (κ1) is 16.8. The van der Waals surface area contributed by atoms with Gasteiger partial charge in [-0.05, 0) is 24.7 Å². The van der Waals surface area contributed by atoms with Gasteiger partial charge in [0.15, 0.2) is 0 Å². The average Bonchev–Trinajstić information content (AvgIpc) is 2.21. The summed E-state index contributed by atoms with van der Waals surface area (Å²) in [5, 5.41) is 2.63. The Balaban J connectivity index is 4.36. The molecule has 0 aliphatic rings. The molecule has 1 N–H and O–H groups in total. The van der Waals surface area contributed by atoms with Crippen molar-refractivity contribution in [1.29, 1.82) is 0 Å². The molecule has 0 fully saturated rings. The van der Waals surface area contributed by atoms with E-state index in [-0.39, 0.29) is 5.41 Å². The lowest BCUT2D eigenvalue weighted by Gasteiger charge is -2.35. The van der Waals surface area contributed by atoms with Crippen LogP contribution in [0.3, 0.4) is 0 Å². The fraction of sp³-hybridized carbons (Fsp3) is 1.00. The third-order valence-electron chi connectivity index (χ3n) is 3.80. The second kappa shape index (κ2) is 6.62. The van der Waals surface area contributed by atoms with Gasteiger partial charge in [-0.3, -0.25) is 0 Å². The lowest BCUT2D eigenvalue weighted by molar-refractivity contribution is -0.153. The van der Waals surface area contributed by atoms with Gasteiger partial charge in [-0.2, -0.15) is 13.2 Å². The summed E-state index contributed by atoms with van der Waals surface area (Å²) in [7, 11) is 0. The summed E-state index contributed by atoms with van der Waals surface area (Å²) >= 11 is 0. The molecule has 0 heterocycles. The summed E-state index contributed by atoms with van der Waals surface area (Å²) in [5.41, 5.74) is -0.0600. The highest BCUT2D eigenvalue weighted by Crippen LogP contribution is 2.33. The summed E-state index contributed by atoms with van der Waals surface area (Å²) in [4.78, 5) is 0. The zero-order chi connectivity index (χ0) is 13.7. The molecule has 1 nitrogen and oxygen atoms in total. The molecule has 0 saturated heterocycles. The molecule has 0 amide bonds. The Kier molecular flexibility index (Phi) is 6.52. The third-order valence-corrected chi connectivity index (χ3v) is 3.80. The van der Waals surface area contributed by atoms with E-state index >= 15 is 0 Å². The van der Waals surface area contributed by atoms with Gasteiger partial charge in [0.25, 0.3) is 0 Å². The molecule has 0 aromatic rings. The number of alkyl halides is 3. The van der Waals surface area contributed by atoms with E-state index in [9.17, 15) is 13.2 Å². The Morgan fingerprint density at radius 3 is 2.00 bits per heavy atom. The molecular formula is C13H26F3N. The van der Waals surface area contributed by atoms with Gasteiger partial charge in [0.05, 0.1) is 0 Å². The van der Waals surface area contributed by atoms with Crippen LogP contribution in [0, 0.1) is 11.3 Å². The van der Waals surface area contributed by atoms with Crippen LogP contribution in [0.15, 0.2) is 0 Å². The quantitative estimate of drug-likeness (QED) is 0.710. The smallest absolute Gasteiger partial charge is 0.306 e. The summed E-state index contributed by atoms with van der Waals surface area (Å²) in [5.74, 6) is 0.377. The van der Waals surface area contributed by atoms with Crippen LogP contribution in [0.1, 0.15) is 53.9 Å². The Bertz CT molecular complexity index is 213. The topological polar surface area (TPSA) is 12.0 Å². The van der Waals surface area contributed by atoms with E-state index in [1.165, 1.54) is 6.92 Å². The summed E-state index contributed by atoms with van der Waals surface area (Å²) in [6.07, 6.45) is -1.03. The van der Waals surface area contributed by atoms with Crippen molar-refractivity contribution in [1.82, 2.24) is 5.32 Å². The van der Waals surface area contributed by atoms with Gasteiger partial charge < -0.3 is 5.32 Å². The third kappa shape index (κ3) is 5.75. The van der Waals surface area contributed by atoms with Crippen LogP contribution in [0.4, 0.5) is 13.2 Å². The van der Waals surface area contributed by atoms with Crippen LogP contribution < -0.4 is 5.32 Å². The maximum absolute atomic E-state index is 12.4. The van der Waals surface area contributed by atoms with Gasteiger partial charge in [0, 0.05) is 6.54 Å². The zero-order valence-electron chi connectivity index (χ0n) is 11.6. The molecule has 0 aromatic carbocycles. The molecule has 2 atom stereocenters. The van der Waals surface area contributed by atoms with E-state index in [1.807, 2.05) is 0 Å². The molecule has 0 rings (SSSR count). The van der Waals surface area contributed by atoms with Crippen LogP contribution >= 0.6 is 0 Å². The lowest BCUT2D eigenvalue weighted by atomic mass is 9.75. The number of halogens is 3. The molecule has 0 saturated carbocycles. The first-order valence-corrected chi connectivity index (χ1v) is 6.43. The fourth-order valence-electron chi connectivity index (χ4n) is 1.66. The molecule has 0 spiro atoms. The van der Waals surface area contributed by atoms with Crippen LogP contribution in [-0.2, 0) is 0 Å². The van der Waals surface area contributed by atoms with Crippen LogP contribution in [0.25, 0.3) is 0 Å². The van der Waals surface area contributed by atoms with E-state index in [4.69, 9.17) is 0 Å². The largest absolute Gasteiger partial charge is 0.403 e. The standard InChI is InChI=1S/C13H26F3N/c1-6-7-8-12(5,10(2)3)9-17-11(4)13(14,15)16/h10-11,17H,6-9H2,1-5H3/t11-,12?/m1/s1. The first-order chi connectivity index (χ1) is 7.63. The zero-order valence-corrected chi connectivity index (χ0v) is 11.6. The summed E-state index contributed by atoms with van der Waals surface area (Å²) < 4.78 is 37.2. The molecule has 0 bridgehead atoms. The fourth-order valence-corrected chi connectivity index (χ4v) is 1.66. The molecule has 1 unspecified atom stereocenters. The molecule has 0 aromatic heterocycles. The van der Waals surface area contributed by atoms with Crippen LogP contribution in [0.5, 0.6) is 0 Å². The van der Waals surface area contributed by atoms with Crippen molar-refractivity contribution in [3.05, 3.63) is 0 Å². The molecular weight excluding hydrogens is 227 g/mol. The highest BCUT2D eigenvalue weighted by atomic mass is 19.4. The lowest BCUT2D eigenvalue weighted by Crippen LogP contribution is -2.46. The average molecular weight is 253 g/mol. The van der Waals surface area contributed by atoms with Gasteiger partial charge in [-0.1, -0.05) is 40.5 Å². The normalized spacial score (nSPS) is 18.2. The van der Waals surface area contributed by atoms with Crippen molar-refractivity contribution in [2.45, 2.75) is 66.1 Å². The SMILES string of the molecule is CCCCC(C)(CN[C@H](C)C(F)(F)F)C(C)C.